The summed E-state index contributed by atoms with van der Waals surface area (Å²) in [5.74, 6) is -17.3. The van der Waals surface area contributed by atoms with Gasteiger partial charge >= 0.3 is 5.97 Å². The van der Waals surface area contributed by atoms with Crippen LogP contribution >= 0.6 is 0 Å². The molecule has 0 aromatic heterocycles. The van der Waals surface area contributed by atoms with E-state index in [1.54, 1.807) is 110 Å². The van der Waals surface area contributed by atoms with Gasteiger partial charge in [-0.2, -0.15) is 0 Å². The first kappa shape index (κ1) is 100. The number of benzene rings is 3. The number of carbonyl (C=O) groups excluding carboxylic acids is 15. The molecule has 38 nitrogen and oxygen atoms in total. The number of carbonyl (C=O) groups is 16. The molecule has 1 heterocycles. The van der Waals surface area contributed by atoms with E-state index in [2.05, 4.69) is 69.1 Å². The zero-order valence-corrected chi connectivity index (χ0v) is 69.0. The number of nitrogens with two attached hydrogens (primary N) is 3. The SMILES string of the molecule is CCC(C)C(NC(=O)C(NC(=O)C1CCCN1C(=O)C(Cc1ccccc1)NC(=O)C(N)Cc1ccccc1)C(C)C)C(=O)NC(Cc1ccccc1)C(=O)NC(CO)C(=O)NC(CCCCN)C(=O)NC(C)C(=O)NC(CO)C(=O)NC(CO)C(=O)NC(CO)C(=O)NC(CC(C)C)C(=O)NC(CCC(N)=O)C(=O)NC(CC(C)C)C(=O)O. The van der Waals surface area contributed by atoms with E-state index in [9.17, 15) is 102 Å². The van der Waals surface area contributed by atoms with Gasteiger partial charge < -0.3 is 117 Å². The molecule has 24 N–H and O–H groups in total. The van der Waals surface area contributed by atoms with E-state index in [4.69, 9.17) is 17.2 Å². The minimum Gasteiger partial charge on any atom is -0.480 e. The molecular formula is C81H123N17O21. The number of hydrogen-bond acceptors (Lipinski definition) is 22. The monoisotopic (exact) mass is 1670 g/mol. The van der Waals surface area contributed by atoms with Gasteiger partial charge in [0.1, 0.15) is 84.6 Å². The van der Waals surface area contributed by atoms with E-state index >= 15 is 0 Å². The topological polar surface area (TPSA) is 612 Å². The Balaban J connectivity index is 1.45. The average Bonchev–Trinajstić information content (AvgIpc) is 1.69. The Morgan fingerprint density at radius 2 is 0.798 bits per heavy atom. The van der Waals surface area contributed by atoms with Crippen molar-refractivity contribution in [3.05, 3.63) is 108 Å². The fourth-order valence-electron chi connectivity index (χ4n) is 12.9. The first-order valence-corrected chi connectivity index (χ1v) is 40.2. The summed E-state index contributed by atoms with van der Waals surface area (Å²) in [6.07, 6.45) is 0.509. The third kappa shape index (κ3) is 33.7. The first-order chi connectivity index (χ1) is 56.4. The fraction of sp³-hybridized carbons (Fsp3) is 0.580. The van der Waals surface area contributed by atoms with Crippen LogP contribution < -0.4 is 86.3 Å². The summed E-state index contributed by atoms with van der Waals surface area (Å²) in [5.41, 5.74) is 19.5. The molecule has 0 aliphatic carbocycles. The number of primary amides is 1. The van der Waals surface area contributed by atoms with Gasteiger partial charge in [0.2, 0.25) is 88.6 Å². The molecule has 1 fully saturated rings. The van der Waals surface area contributed by atoms with Gasteiger partial charge in [0.05, 0.1) is 32.5 Å². The van der Waals surface area contributed by atoms with Crippen molar-refractivity contribution in [1.29, 1.82) is 0 Å². The third-order valence-corrected chi connectivity index (χ3v) is 19.9. The number of carboxylic acid groups (broad SMARTS) is 1. The van der Waals surface area contributed by atoms with Crippen molar-refractivity contribution in [3.63, 3.8) is 0 Å². The average molecular weight is 1670 g/mol. The maximum absolute atomic E-state index is 14.7. The molecule has 1 saturated heterocycles. The minimum atomic E-state index is -1.95. The highest BCUT2D eigenvalue weighted by molar-refractivity contribution is 6.01. The Kier molecular flexibility index (Phi) is 43.2. The molecule has 15 amide bonds. The maximum Gasteiger partial charge on any atom is 0.326 e. The highest BCUT2D eigenvalue weighted by atomic mass is 16.4. The lowest BCUT2D eigenvalue weighted by atomic mass is 9.95. The Bertz CT molecular complexity index is 3860. The van der Waals surface area contributed by atoms with Crippen molar-refractivity contribution in [2.45, 2.75) is 236 Å². The second-order valence-corrected chi connectivity index (χ2v) is 30.9. The third-order valence-electron chi connectivity index (χ3n) is 19.9. The van der Waals surface area contributed by atoms with E-state index in [1.807, 2.05) is 36.4 Å². The number of unbranched alkanes of at least 4 members (excludes halogenated alkanes) is 1. The smallest absolute Gasteiger partial charge is 0.326 e. The van der Waals surface area contributed by atoms with Crippen molar-refractivity contribution < 1.29 is 102 Å². The predicted molar refractivity (Wildman–Crippen MR) is 434 cm³/mol. The Morgan fingerprint density at radius 1 is 0.420 bits per heavy atom. The summed E-state index contributed by atoms with van der Waals surface area (Å²) in [6.45, 7) is 10.5. The standard InChI is InChI=1S/C81H123N17O21/c1-10-47(8)66(97-78(115)65(46(6)7)96-77(114)63-30-22-34-98(63)80(117)57(39-51-27-18-13-19-28-51)90-68(105)52(83)37-49-23-14-11-15-24-49)79(116)89-56(38-50-25-16-12-17-26-50)72(109)93-60(41-100)73(110)86-53(29-20-21-33-82)69(106)85-48(9)67(104)92-59(40-99)75(112)95-62(43-102)76(113)94-61(42-101)74(111)88-55(35-44(2)3)71(108)87-54(31-32-64(84)103)70(107)91-58(81(118)119)36-45(4)5/h11-19,23-28,44-48,52-63,65-66,99-102H,10,20-22,29-43,82-83H2,1-9H3,(H2,84,103)(H,85,106)(H,86,110)(H,87,108)(H,88,111)(H,89,116)(H,90,105)(H,91,107)(H,92,104)(H,93,109)(H,94,113)(H,95,112)(H,96,114)(H,97,115)(H,118,119). The lowest BCUT2D eigenvalue weighted by Gasteiger charge is -2.32. The van der Waals surface area contributed by atoms with Gasteiger partial charge in [-0.15, -0.1) is 0 Å². The van der Waals surface area contributed by atoms with Crippen LogP contribution in [0.25, 0.3) is 0 Å². The summed E-state index contributed by atoms with van der Waals surface area (Å²) >= 11 is 0. The molecule has 1 aliphatic rings. The van der Waals surface area contributed by atoms with Gasteiger partial charge in [0.25, 0.3) is 0 Å². The van der Waals surface area contributed by atoms with E-state index in [1.165, 1.54) is 4.90 Å². The molecule has 1 aliphatic heterocycles. The molecule has 4 rings (SSSR count). The fourth-order valence-corrected chi connectivity index (χ4v) is 12.9. The van der Waals surface area contributed by atoms with Crippen molar-refractivity contribution in [2.75, 3.05) is 39.5 Å². The van der Waals surface area contributed by atoms with Crippen molar-refractivity contribution in [3.8, 4) is 0 Å². The largest absolute Gasteiger partial charge is 0.480 e. The number of nitrogens with one attached hydrogen (secondary N) is 13. The first-order valence-electron chi connectivity index (χ1n) is 40.2. The van der Waals surface area contributed by atoms with Gasteiger partial charge in [-0.1, -0.05) is 153 Å². The van der Waals surface area contributed by atoms with E-state index in [0.717, 1.165) is 18.1 Å². The second-order valence-electron chi connectivity index (χ2n) is 30.9. The zero-order chi connectivity index (χ0) is 88.8. The van der Waals surface area contributed by atoms with E-state index in [-0.39, 0.29) is 82.7 Å². The van der Waals surface area contributed by atoms with Crippen LogP contribution in [0, 0.1) is 23.7 Å². The van der Waals surface area contributed by atoms with Crippen molar-refractivity contribution in [1.82, 2.24) is 74.0 Å². The lowest BCUT2D eigenvalue weighted by molar-refractivity contribution is -0.143. The zero-order valence-electron chi connectivity index (χ0n) is 69.0. The quantitative estimate of drug-likeness (QED) is 0.0237. The Hall–Kier alpha value is -11.1. The minimum absolute atomic E-state index is 0.00941. The molecule has 3 aromatic carbocycles. The number of nitrogens with zero attached hydrogens (tertiary/aromatic N) is 1. The van der Waals surface area contributed by atoms with Gasteiger partial charge in [-0.3, -0.25) is 71.9 Å². The summed E-state index contributed by atoms with van der Waals surface area (Å²) in [4.78, 5) is 222. The molecule has 16 atom stereocenters. The van der Waals surface area contributed by atoms with E-state index in [0.29, 0.717) is 24.8 Å². The molecule has 658 valence electrons. The Labute approximate surface area is 692 Å². The van der Waals surface area contributed by atoms with Gasteiger partial charge in [0, 0.05) is 25.8 Å². The second kappa shape index (κ2) is 51.3. The lowest BCUT2D eigenvalue weighted by Crippen LogP contribution is -2.62. The molecule has 0 spiro atoms. The maximum atomic E-state index is 14.7. The molecule has 0 radical (unpaired) electrons. The summed E-state index contributed by atoms with van der Waals surface area (Å²) in [5, 5.41) is 83.2. The number of carboxylic acids is 1. The number of rotatable bonds is 52. The number of likely N-dealkylation sites (tertiary alicyclic amines) is 1. The number of amides is 15. The van der Waals surface area contributed by atoms with Crippen LogP contribution in [0.3, 0.4) is 0 Å². The number of aliphatic carboxylic acids is 1. The highest BCUT2D eigenvalue weighted by Crippen LogP contribution is 2.22. The molecule has 3 aromatic rings. The van der Waals surface area contributed by atoms with Crippen LogP contribution in [0.5, 0.6) is 0 Å². The molecule has 0 saturated carbocycles. The van der Waals surface area contributed by atoms with Gasteiger partial charge in [-0.05, 0) is 112 Å². The Morgan fingerprint density at radius 3 is 1.24 bits per heavy atom. The summed E-state index contributed by atoms with van der Waals surface area (Å²) in [6, 6.07) is 4.11. The number of aliphatic hydroxyl groups excluding tert-OH is 4. The van der Waals surface area contributed by atoms with Crippen LogP contribution in [0.2, 0.25) is 0 Å². The molecule has 16 unspecified atom stereocenters. The van der Waals surface area contributed by atoms with Crippen LogP contribution in [0.15, 0.2) is 91.0 Å². The van der Waals surface area contributed by atoms with Crippen LogP contribution in [-0.2, 0) is 96.0 Å². The normalized spacial score (nSPS) is 16.4. The van der Waals surface area contributed by atoms with Gasteiger partial charge in [0.15, 0.2) is 0 Å². The molecule has 38 heteroatoms. The van der Waals surface area contributed by atoms with Gasteiger partial charge in [-0.25, -0.2) is 4.79 Å². The number of aliphatic hydroxyl groups is 4. The van der Waals surface area contributed by atoms with E-state index < -0.39 is 230 Å². The van der Waals surface area contributed by atoms with Crippen molar-refractivity contribution >= 4 is 94.6 Å². The summed E-state index contributed by atoms with van der Waals surface area (Å²) < 4.78 is 0. The molecule has 0 bridgehead atoms. The van der Waals surface area contributed by atoms with Crippen LogP contribution in [-0.4, -0.2) is 255 Å². The predicted octanol–water partition coefficient (Wildman–Crippen LogP) is -4.40. The number of hydrogen-bond donors (Lipinski definition) is 21. The van der Waals surface area contributed by atoms with Crippen LogP contribution in [0.4, 0.5) is 0 Å². The summed E-state index contributed by atoms with van der Waals surface area (Å²) in [7, 11) is 0. The molecular weight excluding hydrogens is 1550 g/mol. The van der Waals surface area contributed by atoms with Crippen LogP contribution in [0.1, 0.15) is 143 Å². The van der Waals surface area contributed by atoms with Crippen molar-refractivity contribution in [2.24, 2.45) is 40.9 Å². The highest BCUT2D eigenvalue weighted by Gasteiger charge is 2.43. The molecule has 119 heavy (non-hydrogen) atoms.